The quantitative estimate of drug-likeness (QED) is 0.611. The Morgan fingerprint density at radius 3 is 2.74 bits per heavy atom. The van der Waals surface area contributed by atoms with E-state index >= 15 is 0 Å². The predicted octanol–water partition coefficient (Wildman–Crippen LogP) is 2.55. The van der Waals surface area contributed by atoms with Crippen LogP contribution in [-0.2, 0) is 4.79 Å². The average molecular weight is 439 g/mol. The number of benzene rings is 1. The predicted molar refractivity (Wildman–Crippen MR) is 113 cm³/mol. The van der Waals surface area contributed by atoms with Gasteiger partial charge in [-0.15, -0.1) is 0 Å². The molecule has 1 aliphatic heterocycles. The highest BCUT2D eigenvalue weighted by molar-refractivity contribution is 6.36. The Labute approximate surface area is 182 Å². The van der Waals surface area contributed by atoms with E-state index in [9.17, 15) is 14.4 Å². The van der Waals surface area contributed by atoms with Crippen molar-refractivity contribution in [3.63, 3.8) is 0 Å². The summed E-state index contributed by atoms with van der Waals surface area (Å²) in [7, 11) is 0. The van der Waals surface area contributed by atoms with Crippen molar-refractivity contribution in [3.05, 3.63) is 59.5 Å². The molecule has 0 radical (unpaired) electrons. The third kappa shape index (κ3) is 3.21. The minimum atomic E-state index is -0.969. The lowest BCUT2D eigenvalue weighted by Crippen LogP contribution is -2.52. The Morgan fingerprint density at radius 1 is 1.19 bits per heavy atom. The molecule has 2 fully saturated rings. The van der Waals surface area contributed by atoms with Crippen molar-refractivity contribution in [2.24, 2.45) is 0 Å². The third-order valence-electron chi connectivity index (χ3n) is 5.95. The molecule has 1 spiro atoms. The van der Waals surface area contributed by atoms with Crippen molar-refractivity contribution < 1.29 is 14.4 Å². The molecule has 31 heavy (non-hydrogen) atoms. The van der Waals surface area contributed by atoms with E-state index < -0.39 is 11.6 Å². The summed E-state index contributed by atoms with van der Waals surface area (Å²) in [4.78, 5) is 43.8. The van der Waals surface area contributed by atoms with Crippen molar-refractivity contribution in [2.45, 2.75) is 37.3 Å². The molecule has 5 rings (SSSR count). The van der Waals surface area contributed by atoms with E-state index in [0.29, 0.717) is 47.6 Å². The molecule has 4 amide bonds. The fraction of sp³-hybridized carbons (Fsp3) is 0.286. The lowest BCUT2D eigenvalue weighted by atomic mass is 9.79. The van der Waals surface area contributed by atoms with Gasteiger partial charge < -0.3 is 10.6 Å². The lowest BCUT2D eigenvalue weighted by Gasteiger charge is -2.35. The number of urea groups is 1. The minimum Gasteiger partial charge on any atom is -0.349 e. The van der Waals surface area contributed by atoms with Crippen molar-refractivity contribution in [1.29, 1.82) is 0 Å². The maximum atomic E-state index is 13.2. The van der Waals surface area contributed by atoms with Gasteiger partial charge in [0.05, 0.1) is 16.9 Å². The summed E-state index contributed by atoms with van der Waals surface area (Å²) in [5.74, 6) is -0.559. The first-order valence-electron chi connectivity index (χ1n) is 9.99. The zero-order chi connectivity index (χ0) is 21.6. The van der Waals surface area contributed by atoms with Crippen LogP contribution in [-0.4, -0.2) is 44.0 Å². The number of halogens is 1. The van der Waals surface area contributed by atoms with Gasteiger partial charge in [0, 0.05) is 18.4 Å². The number of carbonyl (C=O) groups is 3. The Morgan fingerprint density at radius 2 is 1.97 bits per heavy atom. The Bertz CT molecular complexity index is 1200. The first-order valence-corrected chi connectivity index (χ1v) is 10.4. The van der Waals surface area contributed by atoms with Crippen LogP contribution in [0.15, 0.2) is 48.9 Å². The highest BCUT2D eigenvalue weighted by atomic mass is 35.5. The van der Waals surface area contributed by atoms with E-state index in [4.69, 9.17) is 11.6 Å². The number of nitrogens with zero attached hydrogens (tertiary/aromatic N) is 4. The number of carbonyl (C=O) groups excluding carboxylic acids is 3. The summed E-state index contributed by atoms with van der Waals surface area (Å²) in [6.07, 6.45) is 6.79. The molecular formula is C21H19ClN6O3. The van der Waals surface area contributed by atoms with Gasteiger partial charge in [-0.1, -0.05) is 23.7 Å². The van der Waals surface area contributed by atoms with Gasteiger partial charge in [-0.2, -0.15) is 5.10 Å². The van der Waals surface area contributed by atoms with Crippen molar-refractivity contribution in [3.8, 4) is 0 Å². The lowest BCUT2D eigenvalue weighted by molar-refractivity contribution is -0.123. The number of hydrogen-bond acceptors (Lipinski definition) is 5. The van der Waals surface area contributed by atoms with Crippen LogP contribution < -0.4 is 15.5 Å². The molecule has 2 aromatic heterocycles. The van der Waals surface area contributed by atoms with Crippen molar-refractivity contribution in [1.82, 2.24) is 25.2 Å². The van der Waals surface area contributed by atoms with Crippen LogP contribution in [0.4, 0.5) is 10.5 Å². The highest BCUT2D eigenvalue weighted by Crippen LogP contribution is 2.38. The number of fused-ring (bicyclic) bond motifs is 1. The Hall–Kier alpha value is -3.46. The second kappa shape index (κ2) is 7.35. The number of rotatable bonds is 3. The SMILES string of the molecule is O=C(N[C@H]1CC[C@@]2(CC1)NC(=O)N(c1ccccc1Cl)C2=O)c1cnn2cccnc12. The number of imide groups is 1. The summed E-state index contributed by atoms with van der Waals surface area (Å²) in [6.45, 7) is 0. The molecule has 3 heterocycles. The van der Waals surface area contributed by atoms with Crippen LogP contribution in [0.25, 0.3) is 5.65 Å². The van der Waals surface area contributed by atoms with Crippen LogP contribution in [0, 0.1) is 0 Å². The molecule has 0 unspecified atom stereocenters. The van der Waals surface area contributed by atoms with Gasteiger partial charge in [0.15, 0.2) is 5.65 Å². The zero-order valence-electron chi connectivity index (χ0n) is 16.4. The van der Waals surface area contributed by atoms with Gasteiger partial charge in [0.1, 0.15) is 11.1 Å². The second-order valence-electron chi connectivity index (χ2n) is 7.80. The largest absolute Gasteiger partial charge is 0.349 e. The van der Waals surface area contributed by atoms with Gasteiger partial charge >= 0.3 is 6.03 Å². The summed E-state index contributed by atoms with van der Waals surface area (Å²) >= 11 is 6.20. The summed E-state index contributed by atoms with van der Waals surface area (Å²) in [6, 6.07) is 7.91. The molecule has 1 saturated carbocycles. The van der Waals surface area contributed by atoms with Gasteiger partial charge in [-0.05, 0) is 43.9 Å². The number of aromatic nitrogens is 3. The monoisotopic (exact) mass is 438 g/mol. The topological polar surface area (TPSA) is 109 Å². The van der Waals surface area contributed by atoms with E-state index in [1.807, 2.05) is 0 Å². The smallest absolute Gasteiger partial charge is 0.329 e. The van der Waals surface area contributed by atoms with Crippen LogP contribution in [0.3, 0.4) is 0 Å². The molecule has 0 atom stereocenters. The van der Waals surface area contributed by atoms with Crippen molar-refractivity contribution in [2.75, 3.05) is 4.90 Å². The standard InChI is InChI=1S/C21H19ClN6O3/c22-15-4-1-2-5-16(15)28-19(30)21(26-20(28)31)8-6-13(7-9-21)25-18(29)14-12-24-27-11-3-10-23-17(14)27/h1-5,10-13H,6-9H2,(H,25,29)(H,26,31)/t13-,21-. The Balaban J connectivity index is 1.28. The zero-order valence-corrected chi connectivity index (χ0v) is 17.2. The van der Waals surface area contributed by atoms with E-state index in [1.54, 1.807) is 47.2 Å². The molecule has 9 nitrogen and oxygen atoms in total. The number of nitrogens with one attached hydrogen (secondary N) is 2. The molecule has 10 heteroatoms. The second-order valence-corrected chi connectivity index (χ2v) is 8.21. The normalized spacial score (nSPS) is 23.4. The highest BCUT2D eigenvalue weighted by Gasteiger charge is 2.53. The molecule has 158 valence electrons. The summed E-state index contributed by atoms with van der Waals surface area (Å²) in [5, 5.41) is 10.3. The fourth-order valence-corrected chi connectivity index (χ4v) is 4.54. The molecule has 0 bridgehead atoms. The molecule has 1 saturated heterocycles. The summed E-state index contributed by atoms with van der Waals surface area (Å²) in [5.41, 5.74) is 0.292. The number of anilines is 1. The molecule has 1 aromatic carbocycles. The van der Waals surface area contributed by atoms with E-state index in [2.05, 4.69) is 20.7 Å². The maximum absolute atomic E-state index is 13.2. The van der Waals surface area contributed by atoms with Gasteiger partial charge in [0.25, 0.3) is 11.8 Å². The van der Waals surface area contributed by atoms with Crippen LogP contribution in [0.5, 0.6) is 0 Å². The Kier molecular flexibility index (Phi) is 4.62. The first kappa shape index (κ1) is 19.5. The summed E-state index contributed by atoms with van der Waals surface area (Å²) < 4.78 is 1.54. The number of amides is 4. The average Bonchev–Trinajstić information content (AvgIpc) is 3.30. The fourth-order valence-electron chi connectivity index (χ4n) is 4.32. The van der Waals surface area contributed by atoms with Crippen molar-refractivity contribution >= 4 is 40.8 Å². The van der Waals surface area contributed by atoms with Crippen LogP contribution >= 0.6 is 11.6 Å². The van der Waals surface area contributed by atoms with Gasteiger partial charge in [-0.3, -0.25) is 9.59 Å². The van der Waals surface area contributed by atoms with Gasteiger partial charge in [0.2, 0.25) is 0 Å². The number of hydrogen-bond donors (Lipinski definition) is 2. The van der Waals surface area contributed by atoms with Crippen LogP contribution in [0.2, 0.25) is 5.02 Å². The first-order chi connectivity index (χ1) is 15.0. The maximum Gasteiger partial charge on any atom is 0.329 e. The molecule has 2 N–H and O–H groups in total. The molecule has 2 aliphatic rings. The van der Waals surface area contributed by atoms with Crippen LogP contribution in [0.1, 0.15) is 36.0 Å². The number of para-hydroxylation sites is 1. The molecular weight excluding hydrogens is 420 g/mol. The van der Waals surface area contributed by atoms with E-state index in [-0.39, 0.29) is 17.9 Å². The van der Waals surface area contributed by atoms with Gasteiger partial charge in [-0.25, -0.2) is 19.2 Å². The van der Waals surface area contributed by atoms with E-state index in [1.165, 1.54) is 6.20 Å². The molecule has 1 aliphatic carbocycles. The minimum absolute atomic E-state index is 0.115. The third-order valence-corrected chi connectivity index (χ3v) is 6.27. The molecule has 3 aromatic rings. The van der Waals surface area contributed by atoms with E-state index in [0.717, 1.165) is 4.90 Å².